The summed E-state index contributed by atoms with van der Waals surface area (Å²) in [6.45, 7) is 3.02. The van der Waals surface area contributed by atoms with Crippen LogP contribution < -0.4 is 4.90 Å². The maximum absolute atomic E-state index is 11.4. The second-order valence-electron chi connectivity index (χ2n) is 5.20. The Labute approximate surface area is 109 Å². The summed E-state index contributed by atoms with van der Waals surface area (Å²) in [7, 11) is 0. The maximum atomic E-state index is 11.4. The van der Waals surface area contributed by atoms with Crippen LogP contribution in [-0.4, -0.2) is 43.7 Å². The number of carboxylic acid groups (broad SMARTS) is 1. The Balaban J connectivity index is 1.98. The van der Waals surface area contributed by atoms with E-state index in [0.717, 1.165) is 13.0 Å². The Kier molecular flexibility index (Phi) is 2.62. The highest BCUT2D eigenvalue weighted by Crippen LogP contribution is 2.32. The van der Waals surface area contributed by atoms with Gasteiger partial charge in [-0.15, -0.1) is 10.2 Å². The number of nitrogens with zero attached hydrogens (tertiary/aromatic N) is 5. The Hall–Kier alpha value is -2.18. The van der Waals surface area contributed by atoms with Crippen molar-refractivity contribution in [2.75, 3.05) is 18.0 Å². The highest BCUT2D eigenvalue weighted by molar-refractivity contribution is 5.76. The zero-order chi connectivity index (χ0) is 13.5. The van der Waals surface area contributed by atoms with E-state index in [2.05, 4.69) is 15.2 Å². The molecule has 0 bridgehead atoms. The van der Waals surface area contributed by atoms with E-state index in [9.17, 15) is 9.90 Å². The highest BCUT2D eigenvalue weighted by atomic mass is 16.4. The van der Waals surface area contributed by atoms with Gasteiger partial charge < -0.3 is 10.0 Å². The van der Waals surface area contributed by atoms with Gasteiger partial charge in [-0.05, 0) is 19.8 Å². The fourth-order valence-electron chi connectivity index (χ4n) is 2.56. The molecule has 7 nitrogen and oxygen atoms in total. The van der Waals surface area contributed by atoms with Crippen LogP contribution in [0.3, 0.4) is 0 Å². The number of anilines is 1. The average molecular weight is 261 g/mol. The van der Waals surface area contributed by atoms with Crippen LogP contribution in [0.15, 0.2) is 18.7 Å². The normalized spacial score (nSPS) is 23.7. The number of hydrogen-bond donors (Lipinski definition) is 1. The van der Waals surface area contributed by atoms with Gasteiger partial charge in [-0.1, -0.05) is 0 Å². The van der Waals surface area contributed by atoms with Crippen molar-refractivity contribution in [2.24, 2.45) is 5.41 Å². The van der Waals surface area contributed by atoms with E-state index < -0.39 is 11.4 Å². The van der Waals surface area contributed by atoms with E-state index in [1.807, 2.05) is 4.90 Å². The van der Waals surface area contributed by atoms with Crippen molar-refractivity contribution >= 4 is 17.4 Å². The summed E-state index contributed by atoms with van der Waals surface area (Å²) < 4.78 is 1.79. The van der Waals surface area contributed by atoms with Crippen LogP contribution in [0.4, 0.5) is 5.82 Å². The molecule has 0 amide bonds. The molecule has 1 fully saturated rings. The summed E-state index contributed by atoms with van der Waals surface area (Å²) in [6.07, 6.45) is 6.59. The summed E-state index contributed by atoms with van der Waals surface area (Å²) in [4.78, 5) is 17.7. The smallest absolute Gasteiger partial charge is 0.311 e. The Morgan fingerprint density at radius 2 is 2.37 bits per heavy atom. The Bertz CT molecular complexity index is 625. The van der Waals surface area contributed by atoms with E-state index in [-0.39, 0.29) is 0 Å². The molecule has 0 saturated carbocycles. The molecular formula is C12H15N5O2. The number of rotatable bonds is 2. The fourth-order valence-corrected chi connectivity index (χ4v) is 2.56. The molecule has 2 aromatic rings. The molecule has 1 N–H and O–H groups in total. The van der Waals surface area contributed by atoms with Gasteiger partial charge in [0, 0.05) is 25.5 Å². The summed E-state index contributed by atoms with van der Waals surface area (Å²) in [5, 5.41) is 17.3. The lowest BCUT2D eigenvalue weighted by atomic mass is 9.82. The minimum Gasteiger partial charge on any atom is -0.481 e. The van der Waals surface area contributed by atoms with Gasteiger partial charge in [-0.2, -0.15) is 0 Å². The van der Waals surface area contributed by atoms with Gasteiger partial charge in [0.1, 0.15) is 6.33 Å². The van der Waals surface area contributed by atoms with Crippen LogP contribution in [0.25, 0.3) is 5.65 Å². The maximum Gasteiger partial charge on any atom is 0.311 e. The first-order chi connectivity index (χ1) is 9.10. The third-order valence-corrected chi connectivity index (χ3v) is 3.71. The van der Waals surface area contributed by atoms with Gasteiger partial charge in [-0.25, -0.2) is 4.98 Å². The van der Waals surface area contributed by atoms with Crippen molar-refractivity contribution in [2.45, 2.75) is 19.8 Å². The molecule has 1 atom stereocenters. The quantitative estimate of drug-likeness (QED) is 0.861. The number of piperidine rings is 1. The van der Waals surface area contributed by atoms with E-state index in [1.165, 1.54) is 0 Å². The van der Waals surface area contributed by atoms with E-state index >= 15 is 0 Å². The zero-order valence-corrected chi connectivity index (χ0v) is 10.7. The lowest BCUT2D eigenvalue weighted by Gasteiger charge is -2.38. The van der Waals surface area contributed by atoms with Gasteiger partial charge in [-0.3, -0.25) is 9.20 Å². The zero-order valence-electron chi connectivity index (χ0n) is 10.7. The van der Waals surface area contributed by atoms with Crippen LogP contribution in [0.5, 0.6) is 0 Å². The molecule has 1 aliphatic heterocycles. The van der Waals surface area contributed by atoms with Crippen molar-refractivity contribution in [3.05, 3.63) is 18.7 Å². The third-order valence-electron chi connectivity index (χ3n) is 3.71. The second-order valence-corrected chi connectivity index (χ2v) is 5.20. The van der Waals surface area contributed by atoms with Gasteiger partial charge in [0.2, 0.25) is 5.65 Å². The van der Waals surface area contributed by atoms with Gasteiger partial charge >= 0.3 is 5.97 Å². The van der Waals surface area contributed by atoms with Crippen LogP contribution in [0.2, 0.25) is 0 Å². The van der Waals surface area contributed by atoms with E-state index in [0.29, 0.717) is 24.4 Å². The van der Waals surface area contributed by atoms with Crippen LogP contribution >= 0.6 is 0 Å². The summed E-state index contributed by atoms with van der Waals surface area (Å²) in [5.41, 5.74) is -0.0654. The molecule has 0 aliphatic carbocycles. The van der Waals surface area contributed by atoms with E-state index in [1.54, 1.807) is 30.0 Å². The van der Waals surface area contributed by atoms with Crippen LogP contribution in [-0.2, 0) is 4.79 Å². The molecule has 1 aliphatic rings. The Morgan fingerprint density at radius 1 is 1.53 bits per heavy atom. The number of fused-ring (bicyclic) bond motifs is 1. The SMILES string of the molecule is CC1(C(=O)O)CCCN(c2nccn3cnnc23)C1. The Morgan fingerprint density at radius 3 is 3.16 bits per heavy atom. The summed E-state index contributed by atoms with van der Waals surface area (Å²) >= 11 is 0. The first-order valence-electron chi connectivity index (χ1n) is 6.23. The predicted octanol–water partition coefficient (Wildman–Crippen LogP) is 0.815. The van der Waals surface area contributed by atoms with Crippen molar-refractivity contribution < 1.29 is 9.90 Å². The molecule has 7 heteroatoms. The topological polar surface area (TPSA) is 83.6 Å². The first-order valence-corrected chi connectivity index (χ1v) is 6.23. The molecule has 1 unspecified atom stereocenters. The van der Waals surface area contributed by atoms with Gasteiger partial charge in [0.25, 0.3) is 0 Å². The number of aliphatic carboxylic acids is 1. The molecule has 0 radical (unpaired) electrons. The predicted molar refractivity (Wildman–Crippen MR) is 68.0 cm³/mol. The lowest BCUT2D eigenvalue weighted by molar-refractivity contribution is -0.148. The standard InChI is InChI=1S/C12H15N5O2/c1-12(11(18)19)3-2-5-16(7-12)9-10-15-14-8-17(10)6-4-13-9/h4,6,8H,2-3,5,7H2,1H3,(H,18,19). The number of carbonyl (C=O) groups is 1. The molecule has 2 aromatic heterocycles. The minimum atomic E-state index is -0.759. The molecule has 19 heavy (non-hydrogen) atoms. The van der Waals surface area contributed by atoms with Gasteiger partial charge in [0.05, 0.1) is 5.41 Å². The molecule has 3 rings (SSSR count). The second kappa shape index (κ2) is 4.18. The largest absolute Gasteiger partial charge is 0.481 e. The molecule has 3 heterocycles. The lowest BCUT2D eigenvalue weighted by Crippen LogP contribution is -2.46. The molecule has 0 aromatic carbocycles. The number of hydrogen-bond acceptors (Lipinski definition) is 5. The van der Waals surface area contributed by atoms with Crippen molar-refractivity contribution in [1.82, 2.24) is 19.6 Å². The molecule has 0 spiro atoms. The van der Waals surface area contributed by atoms with E-state index in [4.69, 9.17) is 0 Å². The van der Waals surface area contributed by atoms with Gasteiger partial charge in [0.15, 0.2) is 5.82 Å². The third kappa shape index (κ3) is 1.91. The van der Waals surface area contributed by atoms with Crippen LogP contribution in [0, 0.1) is 5.41 Å². The first kappa shape index (κ1) is 11.9. The molecule has 100 valence electrons. The number of aromatic nitrogens is 4. The van der Waals surface area contributed by atoms with Crippen LogP contribution in [0.1, 0.15) is 19.8 Å². The average Bonchev–Trinajstić information content (AvgIpc) is 2.86. The van der Waals surface area contributed by atoms with Crippen molar-refractivity contribution in [3.8, 4) is 0 Å². The van der Waals surface area contributed by atoms with Crippen molar-refractivity contribution in [1.29, 1.82) is 0 Å². The molecular weight excluding hydrogens is 246 g/mol. The van der Waals surface area contributed by atoms with Crippen molar-refractivity contribution in [3.63, 3.8) is 0 Å². The fraction of sp³-hybridized carbons (Fsp3) is 0.500. The molecule has 1 saturated heterocycles. The number of carboxylic acids is 1. The summed E-state index contributed by atoms with van der Waals surface area (Å²) in [5.74, 6) is -0.0576. The minimum absolute atomic E-state index is 0.446. The monoisotopic (exact) mass is 261 g/mol. The summed E-state index contributed by atoms with van der Waals surface area (Å²) in [6, 6.07) is 0. The highest BCUT2D eigenvalue weighted by Gasteiger charge is 2.38.